The molecule has 2 fully saturated rings. The topological polar surface area (TPSA) is 44.2 Å². The zero-order chi connectivity index (χ0) is 23.1. The van der Waals surface area contributed by atoms with E-state index in [1.165, 1.54) is 18.3 Å². The predicted octanol–water partition coefficient (Wildman–Crippen LogP) is 6.22. The molecule has 2 aromatic rings. The highest BCUT2D eigenvalue weighted by Crippen LogP contribution is 2.47. The molecule has 32 heavy (non-hydrogen) atoms. The van der Waals surface area contributed by atoms with E-state index in [9.17, 15) is 8.78 Å². The molecule has 2 saturated carbocycles. The van der Waals surface area contributed by atoms with Crippen LogP contribution in [0.15, 0.2) is 24.4 Å². The van der Waals surface area contributed by atoms with E-state index in [0.717, 1.165) is 31.2 Å². The lowest BCUT2D eigenvalue weighted by Gasteiger charge is -2.24. The Hall–Kier alpha value is -2.24. The number of aromatic nitrogens is 2. The summed E-state index contributed by atoms with van der Waals surface area (Å²) in [5, 5.41) is 0. The van der Waals surface area contributed by atoms with Crippen LogP contribution in [0.1, 0.15) is 71.7 Å². The van der Waals surface area contributed by atoms with E-state index >= 15 is 0 Å². The third kappa shape index (κ3) is 5.57. The summed E-state index contributed by atoms with van der Waals surface area (Å²) in [5.41, 5.74) is 0.586. The molecule has 6 heteroatoms. The first-order valence-corrected chi connectivity index (χ1v) is 11.6. The van der Waals surface area contributed by atoms with E-state index in [-0.39, 0.29) is 22.5 Å². The van der Waals surface area contributed by atoms with E-state index in [1.54, 1.807) is 0 Å². The minimum absolute atomic E-state index is 0.0615. The van der Waals surface area contributed by atoms with E-state index in [4.69, 9.17) is 9.47 Å². The van der Waals surface area contributed by atoms with Gasteiger partial charge in [-0.05, 0) is 60.5 Å². The highest BCUT2D eigenvalue weighted by Gasteiger charge is 2.43. The minimum atomic E-state index is -0.507. The first-order valence-electron chi connectivity index (χ1n) is 11.6. The Labute approximate surface area is 189 Å². The van der Waals surface area contributed by atoms with E-state index in [0.29, 0.717) is 42.5 Å². The average molecular weight is 445 g/mol. The monoisotopic (exact) mass is 444 g/mol. The normalized spacial score (nSPS) is 20.8. The zero-order valence-corrected chi connectivity index (χ0v) is 19.8. The Kier molecular flexibility index (Phi) is 6.17. The molecule has 4 rings (SSSR count). The van der Waals surface area contributed by atoms with Gasteiger partial charge >= 0.3 is 0 Å². The maximum absolute atomic E-state index is 14.1. The Morgan fingerprint density at radius 2 is 1.75 bits per heavy atom. The lowest BCUT2D eigenvalue weighted by molar-refractivity contribution is 0.264. The third-order valence-electron chi connectivity index (χ3n) is 6.52. The summed E-state index contributed by atoms with van der Waals surface area (Å²) in [6.07, 6.45) is 5.43. The van der Waals surface area contributed by atoms with Gasteiger partial charge in [-0.25, -0.2) is 9.37 Å². The second-order valence-electron chi connectivity index (χ2n) is 11.1. The van der Waals surface area contributed by atoms with Crippen molar-refractivity contribution in [3.8, 4) is 11.6 Å². The lowest BCUT2D eigenvalue weighted by atomic mass is 9.85. The Morgan fingerprint density at radius 3 is 2.44 bits per heavy atom. The van der Waals surface area contributed by atoms with Crippen LogP contribution in [0.5, 0.6) is 11.6 Å². The quantitative estimate of drug-likeness (QED) is 0.460. The van der Waals surface area contributed by atoms with Gasteiger partial charge in [-0.15, -0.1) is 0 Å². The van der Waals surface area contributed by atoms with Crippen molar-refractivity contribution in [3.63, 3.8) is 0 Å². The van der Waals surface area contributed by atoms with Crippen LogP contribution in [0.3, 0.4) is 0 Å². The van der Waals surface area contributed by atoms with Crippen LogP contribution >= 0.6 is 0 Å². The average Bonchev–Trinajstić information content (AvgIpc) is 3.62. The van der Waals surface area contributed by atoms with Crippen molar-refractivity contribution >= 4 is 0 Å². The van der Waals surface area contributed by atoms with Crippen LogP contribution in [0.4, 0.5) is 8.78 Å². The predicted molar refractivity (Wildman–Crippen MR) is 120 cm³/mol. The molecule has 0 saturated heterocycles. The number of benzene rings is 1. The van der Waals surface area contributed by atoms with Crippen molar-refractivity contribution in [3.05, 3.63) is 47.4 Å². The van der Waals surface area contributed by atoms with E-state index in [1.807, 2.05) is 6.07 Å². The molecule has 0 spiro atoms. The summed E-state index contributed by atoms with van der Waals surface area (Å²) in [4.78, 5) is 8.67. The van der Waals surface area contributed by atoms with Gasteiger partial charge in [-0.3, -0.25) is 0 Å². The highest BCUT2D eigenvalue weighted by atomic mass is 19.1. The van der Waals surface area contributed by atoms with Crippen LogP contribution in [-0.4, -0.2) is 23.2 Å². The molecule has 1 aromatic heterocycles. The molecule has 2 aliphatic carbocycles. The van der Waals surface area contributed by atoms with Crippen molar-refractivity contribution in [2.24, 2.45) is 17.8 Å². The van der Waals surface area contributed by atoms with Crippen molar-refractivity contribution in [2.75, 3.05) is 13.2 Å². The van der Waals surface area contributed by atoms with Gasteiger partial charge in [0.25, 0.3) is 5.88 Å². The second-order valence-corrected chi connectivity index (χ2v) is 11.1. The first kappa shape index (κ1) is 22.9. The Morgan fingerprint density at radius 1 is 1.00 bits per heavy atom. The fourth-order valence-electron chi connectivity index (χ4n) is 4.20. The molecule has 2 aliphatic rings. The molecule has 0 radical (unpaired) electrons. The molecule has 1 unspecified atom stereocenters. The number of rotatable bonds is 9. The van der Waals surface area contributed by atoms with Crippen molar-refractivity contribution < 1.29 is 18.3 Å². The number of hydrogen-bond acceptors (Lipinski definition) is 4. The van der Waals surface area contributed by atoms with E-state index in [2.05, 4.69) is 44.6 Å². The fraction of sp³-hybridized carbons (Fsp3) is 0.615. The largest absolute Gasteiger partial charge is 0.493 e. The van der Waals surface area contributed by atoms with Crippen molar-refractivity contribution in [1.29, 1.82) is 0 Å². The SMILES string of the molecule is CC(C)(C)c1ccc(F)cc1OCC1C[C@@H]1CC(C)(C)c1ncc(F)c(OCC2CC2)n1. The second kappa shape index (κ2) is 8.60. The van der Waals surface area contributed by atoms with Gasteiger partial charge in [0.15, 0.2) is 0 Å². The molecule has 0 aliphatic heterocycles. The van der Waals surface area contributed by atoms with Crippen LogP contribution < -0.4 is 9.47 Å². The van der Waals surface area contributed by atoms with Crippen molar-refractivity contribution in [1.82, 2.24) is 9.97 Å². The maximum Gasteiger partial charge on any atom is 0.253 e. The van der Waals surface area contributed by atoms with Gasteiger partial charge in [0, 0.05) is 11.5 Å². The molecular formula is C26H34F2N2O2. The van der Waals surface area contributed by atoms with Crippen LogP contribution in [0.25, 0.3) is 0 Å². The first-order chi connectivity index (χ1) is 15.0. The summed E-state index contributed by atoms with van der Waals surface area (Å²) in [5.74, 6) is 1.93. The summed E-state index contributed by atoms with van der Waals surface area (Å²) in [6, 6.07) is 4.78. The number of ether oxygens (including phenoxy) is 2. The van der Waals surface area contributed by atoms with Gasteiger partial charge in [-0.1, -0.05) is 40.7 Å². The van der Waals surface area contributed by atoms with Crippen LogP contribution in [0, 0.1) is 29.4 Å². The van der Waals surface area contributed by atoms with Crippen LogP contribution in [0.2, 0.25) is 0 Å². The van der Waals surface area contributed by atoms with Gasteiger partial charge in [-0.2, -0.15) is 9.37 Å². The number of halogens is 2. The number of hydrogen-bond donors (Lipinski definition) is 0. The number of nitrogens with zero attached hydrogens (tertiary/aromatic N) is 2. The van der Waals surface area contributed by atoms with Crippen molar-refractivity contribution in [2.45, 2.75) is 71.1 Å². The molecule has 174 valence electrons. The highest BCUT2D eigenvalue weighted by molar-refractivity contribution is 5.39. The summed E-state index contributed by atoms with van der Waals surface area (Å²) in [7, 11) is 0. The molecule has 1 heterocycles. The Balaban J connectivity index is 1.35. The van der Waals surface area contributed by atoms with Gasteiger partial charge < -0.3 is 9.47 Å². The smallest absolute Gasteiger partial charge is 0.253 e. The lowest BCUT2D eigenvalue weighted by Crippen LogP contribution is -2.23. The summed E-state index contributed by atoms with van der Waals surface area (Å²) < 4.78 is 39.5. The molecule has 2 atom stereocenters. The maximum atomic E-state index is 14.1. The Bertz CT molecular complexity index is 967. The summed E-state index contributed by atoms with van der Waals surface area (Å²) >= 11 is 0. The van der Waals surface area contributed by atoms with Gasteiger partial charge in [0.2, 0.25) is 5.82 Å². The van der Waals surface area contributed by atoms with Gasteiger partial charge in [0.05, 0.1) is 19.4 Å². The molecule has 0 bridgehead atoms. The third-order valence-corrected chi connectivity index (χ3v) is 6.52. The zero-order valence-electron chi connectivity index (χ0n) is 19.8. The van der Waals surface area contributed by atoms with E-state index < -0.39 is 5.82 Å². The fourth-order valence-corrected chi connectivity index (χ4v) is 4.20. The summed E-state index contributed by atoms with van der Waals surface area (Å²) in [6.45, 7) is 11.6. The molecular weight excluding hydrogens is 410 g/mol. The standard InChI is InChI=1S/C26H34F2N2O2/c1-25(2,3)20-9-8-19(27)11-22(20)31-15-18-10-17(18)12-26(4,5)24-29-13-21(28)23(30-24)32-14-16-6-7-16/h8-9,11,13,16-18H,6-7,10,12,14-15H2,1-5H3/t17-,18?/m1/s1. The molecule has 0 amide bonds. The molecule has 1 aromatic carbocycles. The molecule has 4 nitrogen and oxygen atoms in total. The molecule has 0 N–H and O–H groups in total. The van der Waals surface area contributed by atoms with Crippen LogP contribution in [-0.2, 0) is 10.8 Å². The minimum Gasteiger partial charge on any atom is -0.493 e. The van der Waals surface area contributed by atoms with Gasteiger partial charge in [0.1, 0.15) is 17.4 Å².